The van der Waals surface area contributed by atoms with E-state index < -0.39 is 0 Å². The predicted molar refractivity (Wildman–Crippen MR) is 55.7 cm³/mol. The number of rotatable bonds is 3. The molecule has 0 aromatic heterocycles. The largest absolute Gasteiger partial charge is 0.356 e. The topological polar surface area (TPSA) is 55.1 Å². The van der Waals surface area contributed by atoms with Crippen molar-refractivity contribution >= 4 is 5.91 Å². The fourth-order valence-corrected chi connectivity index (χ4v) is 2.09. The molecular formula is C11H20N2O. The van der Waals surface area contributed by atoms with Crippen LogP contribution >= 0.6 is 0 Å². The Morgan fingerprint density at radius 3 is 2.36 bits per heavy atom. The van der Waals surface area contributed by atoms with Gasteiger partial charge in [-0.3, -0.25) is 4.79 Å². The number of nitrogens with two attached hydrogens (primary N) is 1. The van der Waals surface area contributed by atoms with Crippen LogP contribution in [0.15, 0.2) is 0 Å². The minimum atomic E-state index is 0.244. The van der Waals surface area contributed by atoms with Gasteiger partial charge >= 0.3 is 0 Å². The highest BCUT2D eigenvalue weighted by Gasteiger charge is 2.26. The number of amides is 1. The molecule has 0 unspecified atom stereocenters. The minimum Gasteiger partial charge on any atom is -0.356 e. The lowest BCUT2D eigenvalue weighted by Crippen LogP contribution is -2.36. The number of nitrogens with one attached hydrogen (secondary N) is 1. The number of carbonyl (C=O) groups excluding carboxylic acids is 1. The van der Waals surface area contributed by atoms with Gasteiger partial charge in [0.15, 0.2) is 0 Å². The maximum Gasteiger partial charge on any atom is 0.223 e. The molecule has 80 valence electrons. The highest BCUT2D eigenvalue weighted by molar-refractivity contribution is 5.78. The van der Waals surface area contributed by atoms with Gasteiger partial charge in [0.1, 0.15) is 0 Å². The first-order valence-electron chi connectivity index (χ1n) is 5.79. The van der Waals surface area contributed by atoms with Gasteiger partial charge in [-0.2, -0.15) is 0 Å². The molecule has 0 aromatic carbocycles. The Bertz CT molecular complexity index is 205. The van der Waals surface area contributed by atoms with E-state index in [1.165, 1.54) is 12.8 Å². The molecule has 0 aromatic rings. The van der Waals surface area contributed by atoms with Crippen molar-refractivity contribution in [2.24, 2.45) is 17.6 Å². The van der Waals surface area contributed by atoms with Crippen LogP contribution < -0.4 is 11.1 Å². The lowest BCUT2D eigenvalue weighted by molar-refractivity contribution is -0.126. The van der Waals surface area contributed by atoms with Gasteiger partial charge in [0.2, 0.25) is 5.91 Å². The summed E-state index contributed by atoms with van der Waals surface area (Å²) in [6.07, 6.45) is 6.60. The van der Waals surface area contributed by atoms with Crippen LogP contribution in [0.3, 0.4) is 0 Å². The average Bonchev–Trinajstić information content (AvgIpc) is 2.99. The third-order valence-corrected chi connectivity index (χ3v) is 3.40. The van der Waals surface area contributed by atoms with Crippen molar-refractivity contribution in [3.63, 3.8) is 0 Å². The quantitative estimate of drug-likeness (QED) is 0.708. The second-order valence-corrected chi connectivity index (χ2v) is 4.80. The maximum atomic E-state index is 11.7. The number of carbonyl (C=O) groups is 1. The summed E-state index contributed by atoms with van der Waals surface area (Å²) < 4.78 is 0. The molecule has 3 N–H and O–H groups in total. The molecule has 0 spiro atoms. The van der Waals surface area contributed by atoms with Gasteiger partial charge in [-0.15, -0.1) is 0 Å². The Balaban J connectivity index is 1.68. The molecule has 2 fully saturated rings. The molecule has 0 aliphatic heterocycles. The Kier molecular flexibility index (Phi) is 3.06. The first-order valence-corrected chi connectivity index (χ1v) is 5.79. The summed E-state index contributed by atoms with van der Waals surface area (Å²) in [6, 6.07) is 0.336. The Hall–Kier alpha value is -0.570. The lowest BCUT2D eigenvalue weighted by atomic mass is 9.86. The van der Waals surface area contributed by atoms with Gasteiger partial charge in [-0.25, -0.2) is 0 Å². The van der Waals surface area contributed by atoms with Gasteiger partial charge < -0.3 is 11.1 Å². The standard InChI is InChI=1S/C11H20N2O/c12-10-5-3-9(4-6-10)11(14)13-7-8-1-2-8/h8-10H,1-7,12H2,(H,13,14). The fraction of sp³-hybridized carbons (Fsp3) is 0.909. The summed E-state index contributed by atoms with van der Waals surface area (Å²) in [5, 5.41) is 3.05. The van der Waals surface area contributed by atoms with Crippen molar-refractivity contribution in [1.29, 1.82) is 0 Å². The molecule has 0 atom stereocenters. The van der Waals surface area contributed by atoms with Crippen molar-refractivity contribution in [1.82, 2.24) is 5.32 Å². The first-order chi connectivity index (χ1) is 6.75. The molecule has 2 aliphatic carbocycles. The molecule has 2 aliphatic rings. The Morgan fingerprint density at radius 2 is 1.79 bits per heavy atom. The second-order valence-electron chi connectivity index (χ2n) is 4.80. The molecule has 2 rings (SSSR count). The highest BCUT2D eigenvalue weighted by Crippen LogP contribution is 2.28. The first kappa shape index (κ1) is 9.97. The van der Waals surface area contributed by atoms with E-state index in [1.807, 2.05) is 0 Å². The summed E-state index contributed by atoms with van der Waals surface area (Å²) in [5.41, 5.74) is 5.80. The zero-order valence-corrected chi connectivity index (χ0v) is 8.67. The normalized spacial score (nSPS) is 32.6. The van der Waals surface area contributed by atoms with Crippen LogP contribution in [-0.2, 0) is 4.79 Å². The molecule has 3 nitrogen and oxygen atoms in total. The average molecular weight is 196 g/mol. The Labute approximate surface area is 85.4 Å². The zero-order chi connectivity index (χ0) is 9.97. The predicted octanol–water partition coefficient (Wildman–Crippen LogP) is 1.03. The monoisotopic (exact) mass is 196 g/mol. The minimum absolute atomic E-state index is 0.244. The van der Waals surface area contributed by atoms with E-state index in [4.69, 9.17) is 5.73 Å². The van der Waals surface area contributed by atoms with Crippen molar-refractivity contribution < 1.29 is 4.79 Å². The molecule has 3 heteroatoms. The molecule has 0 saturated heterocycles. The third-order valence-electron chi connectivity index (χ3n) is 3.40. The maximum absolute atomic E-state index is 11.7. The molecule has 0 radical (unpaired) electrons. The number of hydrogen-bond donors (Lipinski definition) is 2. The summed E-state index contributed by atoms with van der Waals surface area (Å²) in [6.45, 7) is 0.904. The van der Waals surface area contributed by atoms with Gasteiger partial charge in [-0.1, -0.05) is 0 Å². The number of hydrogen-bond acceptors (Lipinski definition) is 2. The smallest absolute Gasteiger partial charge is 0.223 e. The van der Waals surface area contributed by atoms with Crippen LogP contribution in [-0.4, -0.2) is 18.5 Å². The third kappa shape index (κ3) is 2.71. The van der Waals surface area contributed by atoms with Crippen molar-refractivity contribution in [2.75, 3.05) is 6.54 Å². The van der Waals surface area contributed by atoms with Crippen LogP contribution in [0.5, 0.6) is 0 Å². The summed E-state index contributed by atoms with van der Waals surface area (Å²) in [7, 11) is 0. The fourth-order valence-electron chi connectivity index (χ4n) is 2.09. The van der Waals surface area contributed by atoms with Crippen molar-refractivity contribution in [3.05, 3.63) is 0 Å². The molecule has 0 heterocycles. The molecule has 2 saturated carbocycles. The Morgan fingerprint density at radius 1 is 1.14 bits per heavy atom. The molecule has 1 amide bonds. The van der Waals surface area contributed by atoms with E-state index in [2.05, 4.69) is 5.32 Å². The van der Waals surface area contributed by atoms with Crippen LogP contribution in [0.1, 0.15) is 38.5 Å². The summed E-state index contributed by atoms with van der Waals surface area (Å²) >= 11 is 0. The second kappa shape index (κ2) is 4.30. The van der Waals surface area contributed by atoms with E-state index in [9.17, 15) is 4.79 Å². The molecular weight excluding hydrogens is 176 g/mol. The van der Waals surface area contributed by atoms with Crippen LogP contribution in [0.25, 0.3) is 0 Å². The van der Waals surface area contributed by atoms with E-state index in [0.717, 1.165) is 38.1 Å². The van der Waals surface area contributed by atoms with Crippen LogP contribution in [0.2, 0.25) is 0 Å². The van der Waals surface area contributed by atoms with Crippen LogP contribution in [0, 0.1) is 11.8 Å². The van der Waals surface area contributed by atoms with E-state index in [-0.39, 0.29) is 11.8 Å². The lowest BCUT2D eigenvalue weighted by Gasteiger charge is -2.25. The molecule has 14 heavy (non-hydrogen) atoms. The van der Waals surface area contributed by atoms with Gasteiger partial charge in [0.25, 0.3) is 0 Å². The van der Waals surface area contributed by atoms with Crippen LogP contribution in [0.4, 0.5) is 0 Å². The van der Waals surface area contributed by atoms with Gasteiger partial charge in [0.05, 0.1) is 0 Å². The van der Waals surface area contributed by atoms with E-state index >= 15 is 0 Å². The van der Waals surface area contributed by atoms with E-state index in [0.29, 0.717) is 6.04 Å². The van der Waals surface area contributed by atoms with Gasteiger partial charge in [0, 0.05) is 18.5 Å². The summed E-state index contributed by atoms with van der Waals surface area (Å²) in [4.78, 5) is 11.7. The van der Waals surface area contributed by atoms with Gasteiger partial charge in [-0.05, 0) is 44.4 Å². The van der Waals surface area contributed by atoms with E-state index in [1.54, 1.807) is 0 Å². The SMILES string of the molecule is NC1CCC(C(=O)NCC2CC2)CC1. The summed E-state index contributed by atoms with van der Waals surface area (Å²) in [5.74, 6) is 1.29. The van der Waals surface area contributed by atoms with Crippen molar-refractivity contribution in [3.8, 4) is 0 Å². The molecule has 0 bridgehead atoms. The zero-order valence-electron chi connectivity index (χ0n) is 8.67. The van der Waals surface area contributed by atoms with Crippen molar-refractivity contribution in [2.45, 2.75) is 44.6 Å². The highest BCUT2D eigenvalue weighted by atomic mass is 16.1.